The summed E-state index contributed by atoms with van der Waals surface area (Å²) in [4.78, 5) is 40.4. The Balaban J connectivity index is 1.82. The van der Waals surface area contributed by atoms with Gasteiger partial charge in [0.15, 0.2) is 0 Å². The van der Waals surface area contributed by atoms with Gasteiger partial charge in [-0.3, -0.25) is 19.8 Å². The molecule has 2 aromatic rings. The molecule has 1 aliphatic rings. The molecule has 0 bridgehead atoms. The predicted octanol–water partition coefficient (Wildman–Crippen LogP) is 0.991. The molecule has 8 heteroatoms. The summed E-state index contributed by atoms with van der Waals surface area (Å²) in [5.41, 5.74) is 9.67. The van der Waals surface area contributed by atoms with Crippen LogP contribution in [0, 0.1) is 0 Å². The van der Waals surface area contributed by atoms with Gasteiger partial charge in [-0.05, 0) is 30.7 Å². The number of primary amides is 1. The average molecular weight is 365 g/mol. The Labute approximate surface area is 156 Å². The van der Waals surface area contributed by atoms with E-state index in [-0.39, 0.29) is 18.2 Å². The highest BCUT2D eigenvalue weighted by Gasteiger charge is 2.30. The molecule has 0 aromatic heterocycles. The second kappa shape index (κ2) is 7.69. The Morgan fingerprint density at radius 2 is 1.81 bits per heavy atom. The minimum absolute atomic E-state index is 0.000156. The van der Waals surface area contributed by atoms with Crippen molar-refractivity contribution in [3.05, 3.63) is 60.2 Å². The lowest BCUT2D eigenvalue weighted by molar-refractivity contribution is -0.120. The molecule has 1 aliphatic heterocycles. The van der Waals surface area contributed by atoms with Crippen molar-refractivity contribution in [1.82, 2.24) is 5.43 Å². The minimum atomic E-state index is -0.715. The van der Waals surface area contributed by atoms with Gasteiger partial charge in [0.2, 0.25) is 11.7 Å². The number of anilines is 2. The van der Waals surface area contributed by atoms with Gasteiger partial charge in [0.1, 0.15) is 6.04 Å². The van der Waals surface area contributed by atoms with E-state index < -0.39 is 17.9 Å². The van der Waals surface area contributed by atoms with Gasteiger partial charge in [0.25, 0.3) is 11.8 Å². The molecule has 3 amide bonds. The number of benzene rings is 2. The molecule has 0 radical (unpaired) electrons. The van der Waals surface area contributed by atoms with Crippen LogP contribution in [-0.2, 0) is 20.8 Å². The van der Waals surface area contributed by atoms with Gasteiger partial charge in [-0.2, -0.15) is 0 Å². The number of carbonyl (C=O) groups excluding carboxylic acids is 3. The summed E-state index contributed by atoms with van der Waals surface area (Å²) in [6, 6.07) is 15.1. The summed E-state index contributed by atoms with van der Waals surface area (Å²) in [5.74, 6) is -1.29. The van der Waals surface area contributed by atoms with Gasteiger partial charge in [-0.25, -0.2) is 10.0 Å². The maximum atomic E-state index is 12.7. The fourth-order valence-electron chi connectivity index (χ4n) is 2.67. The molecule has 8 nitrogen and oxygen atoms in total. The zero-order valence-electron chi connectivity index (χ0n) is 14.7. The number of hydrazine groups is 1. The second-order valence-electron chi connectivity index (χ2n) is 6.03. The van der Waals surface area contributed by atoms with Gasteiger partial charge in [0, 0.05) is 5.69 Å². The summed E-state index contributed by atoms with van der Waals surface area (Å²) < 4.78 is 0. The van der Waals surface area contributed by atoms with Crippen LogP contribution in [0.4, 0.5) is 11.4 Å². The molecule has 138 valence electrons. The molecule has 27 heavy (non-hydrogen) atoms. The van der Waals surface area contributed by atoms with Crippen LogP contribution < -0.4 is 21.5 Å². The number of aliphatic imine (C=N–C) groups is 1. The van der Waals surface area contributed by atoms with Gasteiger partial charge in [0.05, 0.1) is 12.1 Å². The minimum Gasteiger partial charge on any atom is -0.369 e. The molecule has 4 N–H and O–H groups in total. The lowest BCUT2D eigenvalue weighted by atomic mass is 10.1. The highest BCUT2D eigenvalue weighted by molar-refractivity contribution is 6.43. The van der Waals surface area contributed by atoms with Crippen molar-refractivity contribution in [2.24, 2.45) is 10.7 Å². The number of hydrogen-bond acceptors (Lipinski definition) is 5. The molecule has 0 fully saturated rings. The van der Waals surface area contributed by atoms with E-state index in [1.54, 1.807) is 55.5 Å². The molecule has 3 rings (SSSR count). The Bertz CT molecular complexity index is 911. The van der Waals surface area contributed by atoms with E-state index >= 15 is 0 Å². The highest BCUT2D eigenvalue weighted by atomic mass is 16.2. The van der Waals surface area contributed by atoms with E-state index in [9.17, 15) is 14.4 Å². The van der Waals surface area contributed by atoms with Crippen LogP contribution in [0.5, 0.6) is 0 Å². The van der Waals surface area contributed by atoms with Crippen LogP contribution in [0.25, 0.3) is 0 Å². The third kappa shape index (κ3) is 4.12. The van der Waals surface area contributed by atoms with Crippen molar-refractivity contribution in [2.45, 2.75) is 19.4 Å². The number of rotatable bonds is 5. The van der Waals surface area contributed by atoms with E-state index in [2.05, 4.69) is 15.7 Å². The lowest BCUT2D eigenvalue weighted by Gasteiger charge is -2.30. The van der Waals surface area contributed by atoms with Crippen LogP contribution in [0.2, 0.25) is 0 Å². The highest BCUT2D eigenvalue weighted by Crippen LogP contribution is 2.18. The standard InChI is InChI=1S/C19H19N5O3/c1-12-19(27)24(14-8-3-2-4-9-14)23-17(21-12)18(26)22-15-10-6-5-7-13(15)11-16(20)25/h2-10,12H,11H2,1H3,(H2,20,25)(H,21,23)(H,22,26). The summed E-state index contributed by atoms with van der Waals surface area (Å²) in [5, 5.41) is 4.01. The maximum Gasteiger partial charge on any atom is 0.292 e. The normalized spacial score (nSPS) is 16.3. The first-order valence-corrected chi connectivity index (χ1v) is 8.36. The van der Waals surface area contributed by atoms with Crippen LogP contribution in [-0.4, -0.2) is 29.6 Å². The summed E-state index contributed by atoms with van der Waals surface area (Å²) in [6.45, 7) is 1.62. The lowest BCUT2D eigenvalue weighted by Crippen LogP contribution is -2.57. The average Bonchev–Trinajstić information content (AvgIpc) is 2.65. The van der Waals surface area contributed by atoms with Crippen molar-refractivity contribution in [1.29, 1.82) is 0 Å². The van der Waals surface area contributed by atoms with Crippen molar-refractivity contribution < 1.29 is 14.4 Å². The largest absolute Gasteiger partial charge is 0.369 e. The van der Waals surface area contributed by atoms with E-state index in [0.717, 1.165) is 0 Å². The summed E-state index contributed by atoms with van der Waals surface area (Å²) in [7, 11) is 0. The van der Waals surface area contributed by atoms with Crippen LogP contribution in [0.15, 0.2) is 59.6 Å². The Hall–Kier alpha value is -3.68. The van der Waals surface area contributed by atoms with Crippen molar-refractivity contribution in [3.63, 3.8) is 0 Å². The molecular formula is C19H19N5O3. The van der Waals surface area contributed by atoms with Crippen LogP contribution >= 0.6 is 0 Å². The first-order chi connectivity index (χ1) is 13.0. The SMILES string of the molecule is CC1N=C(C(=O)Nc2ccccc2CC(N)=O)NN(c2ccccc2)C1=O. The van der Waals surface area contributed by atoms with E-state index in [4.69, 9.17) is 5.73 Å². The van der Waals surface area contributed by atoms with Gasteiger partial charge in [-0.15, -0.1) is 0 Å². The van der Waals surface area contributed by atoms with E-state index in [0.29, 0.717) is 16.9 Å². The molecule has 1 atom stereocenters. The van der Waals surface area contributed by atoms with Crippen molar-refractivity contribution in [3.8, 4) is 0 Å². The summed E-state index contributed by atoms with van der Waals surface area (Å²) in [6.07, 6.45) is 0.00138. The topological polar surface area (TPSA) is 117 Å². The quantitative estimate of drug-likeness (QED) is 0.732. The molecule has 1 heterocycles. The van der Waals surface area contributed by atoms with Crippen LogP contribution in [0.3, 0.4) is 0 Å². The predicted molar refractivity (Wildman–Crippen MR) is 102 cm³/mol. The molecule has 1 unspecified atom stereocenters. The van der Waals surface area contributed by atoms with Crippen LogP contribution in [0.1, 0.15) is 12.5 Å². The van der Waals surface area contributed by atoms with Gasteiger partial charge >= 0.3 is 0 Å². The van der Waals surface area contributed by atoms with Crippen molar-refractivity contribution >= 4 is 34.9 Å². The summed E-state index contributed by atoms with van der Waals surface area (Å²) >= 11 is 0. The number of para-hydroxylation sites is 2. The third-order valence-corrected chi connectivity index (χ3v) is 3.98. The number of hydrogen-bond donors (Lipinski definition) is 3. The van der Waals surface area contributed by atoms with Gasteiger partial charge in [-0.1, -0.05) is 36.4 Å². The number of nitrogens with two attached hydrogens (primary N) is 1. The number of nitrogens with one attached hydrogen (secondary N) is 2. The monoisotopic (exact) mass is 365 g/mol. The second-order valence-corrected chi connectivity index (χ2v) is 6.03. The molecule has 2 aromatic carbocycles. The maximum absolute atomic E-state index is 12.7. The molecule has 0 aliphatic carbocycles. The van der Waals surface area contributed by atoms with Gasteiger partial charge < -0.3 is 11.1 Å². The number of amides is 3. The smallest absolute Gasteiger partial charge is 0.292 e. The Morgan fingerprint density at radius 3 is 2.52 bits per heavy atom. The first kappa shape index (κ1) is 18.1. The Kier molecular flexibility index (Phi) is 5.16. The fraction of sp³-hybridized carbons (Fsp3) is 0.158. The number of nitrogens with zero attached hydrogens (tertiary/aromatic N) is 2. The molecular weight excluding hydrogens is 346 g/mol. The fourth-order valence-corrected chi connectivity index (χ4v) is 2.67. The van der Waals surface area contributed by atoms with Crippen molar-refractivity contribution in [2.75, 3.05) is 10.3 Å². The Morgan fingerprint density at radius 1 is 1.15 bits per heavy atom. The third-order valence-electron chi connectivity index (χ3n) is 3.98. The number of amidine groups is 1. The molecule has 0 spiro atoms. The molecule has 0 saturated heterocycles. The molecule has 0 saturated carbocycles. The zero-order valence-corrected chi connectivity index (χ0v) is 14.7. The first-order valence-electron chi connectivity index (χ1n) is 8.36. The van der Waals surface area contributed by atoms with E-state index in [1.165, 1.54) is 5.01 Å². The zero-order chi connectivity index (χ0) is 19.4. The number of carbonyl (C=O) groups is 3. The van der Waals surface area contributed by atoms with E-state index in [1.807, 2.05) is 6.07 Å².